The SMILES string of the molecule is COc1ccc2c(Nc3ccc([S@](=N)(=O)NC[C@@H](C)O)cc3)ncnc2c1. The summed E-state index contributed by atoms with van der Waals surface area (Å²) < 4.78 is 28.1. The van der Waals surface area contributed by atoms with Crippen LogP contribution in [0.5, 0.6) is 5.75 Å². The molecule has 0 saturated heterocycles. The molecule has 1 heterocycles. The standard InChI is InChI=1S/C18H21N5O3S/c1-12(24)10-22-27(19,25)15-6-3-13(4-7-15)23-18-16-8-5-14(26-2)9-17(16)20-11-21-18/h3-9,11-12,24H,10H2,1-2H3,(H2,19,22,25)(H,20,21,23)/t12-,27-/m1/s1. The van der Waals surface area contributed by atoms with E-state index < -0.39 is 16.0 Å². The molecule has 0 aliphatic rings. The molecule has 9 heteroatoms. The molecule has 8 nitrogen and oxygen atoms in total. The maximum absolute atomic E-state index is 12.4. The van der Waals surface area contributed by atoms with Gasteiger partial charge in [0.05, 0.1) is 23.6 Å². The topological polar surface area (TPSA) is 120 Å². The lowest BCUT2D eigenvalue weighted by molar-refractivity contribution is 0.199. The highest BCUT2D eigenvalue weighted by Gasteiger charge is 2.11. The molecule has 3 aromatic rings. The number of aromatic nitrogens is 2. The number of fused-ring (bicyclic) bond motifs is 1. The third-order valence-electron chi connectivity index (χ3n) is 3.87. The second-order valence-electron chi connectivity index (χ2n) is 6.01. The summed E-state index contributed by atoms with van der Waals surface area (Å²) in [5.74, 6) is 1.35. The first kappa shape index (κ1) is 19.0. The van der Waals surface area contributed by atoms with Crippen LogP contribution in [0.2, 0.25) is 0 Å². The Morgan fingerprint density at radius 1 is 1.22 bits per heavy atom. The van der Waals surface area contributed by atoms with Crippen molar-refractivity contribution in [2.75, 3.05) is 19.0 Å². The maximum Gasteiger partial charge on any atom is 0.141 e. The first-order chi connectivity index (χ1) is 12.9. The Hall–Kier alpha value is -2.75. The van der Waals surface area contributed by atoms with E-state index in [0.717, 1.165) is 16.6 Å². The molecule has 27 heavy (non-hydrogen) atoms. The summed E-state index contributed by atoms with van der Waals surface area (Å²) in [5.41, 5.74) is 1.49. The monoisotopic (exact) mass is 387 g/mol. The third kappa shape index (κ3) is 4.51. The molecular formula is C18H21N5O3S. The molecule has 1 aromatic heterocycles. The Labute approximate surface area is 157 Å². The summed E-state index contributed by atoms with van der Waals surface area (Å²) in [4.78, 5) is 8.87. The number of hydrogen-bond donors (Lipinski definition) is 4. The Kier molecular flexibility index (Phi) is 5.54. The van der Waals surface area contributed by atoms with E-state index in [2.05, 4.69) is 20.0 Å². The second-order valence-corrected chi connectivity index (χ2v) is 7.88. The Morgan fingerprint density at radius 2 is 1.96 bits per heavy atom. The fraction of sp³-hybridized carbons (Fsp3) is 0.222. The summed E-state index contributed by atoms with van der Waals surface area (Å²) in [5, 5.41) is 13.3. The van der Waals surface area contributed by atoms with Crippen molar-refractivity contribution in [3.63, 3.8) is 0 Å². The molecule has 0 saturated carbocycles. The number of anilines is 2. The van der Waals surface area contributed by atoms with E-state index in [1.807, 2.05) is 18.2 Å². The largest absolute Gasteiger partial charge is 0.497 e. The maximum atomic E-state index is 12.4. The number of rotatable bonds is 7. The van der Waals surface area contributed by atoms with Crippen molar-refractivity contribution in [2.45, 2.75) is 17.9 Å². The minimum Gasteiger partial charge on any atom is -0.497 e. The van der Waals surface area contributed by atoms with Crippen molar-refractivity contribution < 1.29 is 14.1 Å². The van der Waals surface area contributed by atoms with Crippen molar-refractivity contribution in [1.29, 1.82) is 4.78 Å². The molecule has 0 fully saturated rings. The lowest BCUT2D eigenvalue weighted by Crippen LogP contribution is -2.29. The van der Waals surface area contributed by atoms with Crippen LogP contribution in [0.3, 0.4) is 0 Å². The molecule has 0 aliphatic carbocycles. The zero-order valence-electron chi connectivity index (χ0n) is 15.0. The molecule has 0 amide bonds. The van der Waals surface area contributed by atoms with Gasteiger partial charge in [0.2, 0.25) is 0 Å². The van der Waals surface area contributed by atoms with E-state index in [0.29, 0.717) is 16.5 Å². The van der Waals surface area contributed by atoms with Crippen LogP contribution in [0, 0.1) is 4.78 Å². The molecule has 0 spiro atoms. The second kappa shape index (κ2) is 7.87. The van der Waals surface area contributed by atoms with Crippen molar-refractivity contribution in [2.24, 2.45) is 0 Å². The van der Waals surface area contributed by atoms with Crippen molar-refractivity contribution in [1.82, 2.24) is 14.7 Å². The van der Waals surface area contributed by atoms with E-state index >= 15 is 0 Å². The number of nitrogens with zero attached hydrogens (tertiary/aromatic N) is 2. The zero-order valence-corrected chi connectivity index (χ0v) is 15.8. The number of benzene rings is 2. The summed E-state index contributed by atoms with van der Waals surface area (Å²) in [6.45, 7) is 1.65. The van der Waals surface area contributed by atoms with Crippen LogP contribution in [-0.4, -0.2) is 39.0 Å². The number of nitrogens with one attached hydrogen (secondary N) is 3. The van der Waals surface area contributed by atoms with Crippen molar-refractivity contribution in [3.05, 3.63) is 48.8 Å². The molecule has 2 aromatic carbocycles. The van der Waals surface area contributed by atoms with Gasteiger partial charge in [0.1, 0.15) is 27.8 Å². The van der Waals surface area contributed by atoms with Gasteiger partial charge in [-0.1, -0.05) is 0 Å². The van der Waals surface area contributed by atoms with E-state index in [4.69, 9.17) is 9.52 Å². The van der Waals surface area contributed by atoms with Gasteiger partial charge in [0, 0.05) is 23.7 Å². The zero-order chi connectivity index (χ0) is 19.4. The smallest absolute Gasteiger partial charge is 0.141 e. The van der Waals surface area contributed by atoms with Gasteiger partial charge in [-0.05, 0) is 43.3 Å². The third-order valence-corrected chi connectivity index (χ3v) is 5.38. The van der Waals surface area contributed by atoms with E-state index in [1.165, 1.54) is 6.33 Å². The summed E-state index contributed by atoms with van der Waals surface area (Å²) >= 11 is 0. The van der Waals surface area contributed by atoms with Crippen LogP contribution >= 0.6 is 0 Å². The van der Waals surface area contributed by atoms with Gasteiger partial charge in [0.15, 0.2) is 0 Å². The Balaban J connectivity index is 1.82. The highest BCUT2D eigenvalue weighted by Crippen LogP contribution is 2.26. The van der Waals surface area contributed by atoms with Crippen LogP contribution in [0.15, 0.2) is 53.7 Å². The number of aliphatic hydroxyl groups is 1. The average molecular weight is 387 g/mol. The fourth-order valence-electron chi connectivity index (χ4n) is 2.45. The van der Waals surface area contributed by atoms with Crippen LogP contribution in [0.1, 0.15) is 6.92 Å². The minimum atomic E-state index is -3.16. The minimum absolute atomic E-state index is 0.0821. The van der Waals surface area contributed by atoms with Crippen molar-refractivity contribution >= 4 is 32.3 Å². The number of ether oxygens (including phenoxy) is 1. The lowest BCUT2D eigenvalue weighted by Gasteiger charge is -2.13. The van der Waals surface area contributed by atoms with Crippen LogP contribution < -0.4 is 14.8 Å². The molecule has 0 unspecified atom stereocenters. The highest BCUT2D eigenvalue weighted by molar-refractivity contribution is 7.90. The van der Waals surface area contributed by atoms with Gasteiger partial charge in [-0.3, -0.25) is 0 Å². The summed E-state index contributed by atoms with van der Waals surface area (Å²) in [7, 11) is -1.56. The molecule has 0 aliphatic heterocycles. The van der Waals surface area contributed by atoms with Crippen LogP contribution in [0.4, 0.5) is 11.5 Å². The molecule has 0 bridgehead atoms. The molecule has 2 atom stereocenters. The van der Waals surface area contributed by atoms with Crippen molar-refractivity contribution in [3.8, 4) is 5.75 Å². The first-order valence-electron chi connectivity index (χ1n) is 8.26. The summed E-state index contributed by atoms with van der Waals surface area (Å²) in [6.07, 6.45) is 0.788. The molecule has 4 N–H and O–H groups in total. The van der Waals surface area contributed by atoms with Gasteiger partial charge in [-0.2, -0.15) is 0 Å². The average Bonchev–Trinajstić information content (AvgIpc) is 2.67. The normalized spacial score (nSPS) is 14.5. The van der Waals surface area contributed by atoms with E-state index in [9.17, 15) is 9.32 Å². The quantitative estimate of drug-likeness (QED) is 0.495. The Bertz CT molecular complexity index is 1040. The van der Waals surface area contributed by atoms with Gasteiger partial charge in [-0.25, -0.2) is 23.7 Å². The Morgan fingerprint density at radius 3 is 2.63 bits per heavy atom. The van der Waals surface area contributed by atoms with Gasteiger partial charge in [-0.15, -0.1) is 0 Å². The number of hydrogen-bond acceptors (Lipinski definition) is 7. The van der Waals surface area contributed by atoms with Gasteiger partial charge < -0.3 is 15.2 Å². The van der Waals surface area contributed by atoms with E-state index in [-0.39, 0.29) is 6.54 Å². The van der Waals surface area contributed by atoms with E-state index in [1.54, 1.807) is 38.3 Å². The predicted octanol–water partition coefficient (Wildman–Crippen LogP) is 2.67. The van der Waals surface area contributed by atoms with Gasteiger partial charge in [0.25, 0.3) is 0 Å². The number of methoxy groups -OCH3 is 1. The first-order valence-corrected chi connectivity index (χ1v) is 9.82. The molecule has 142 valence electrons. The number of aliphatic hydroxyl groups excluding tert-OH is 1. The lowest BCUT2D eigenvalue weighted by atomic mass is 10.2. The van der Waals surface area contributed by atoms with Crippen LogP contribution in [0.25, 0.3) is 10.9 Å². The highest BCUT2D eigenvalue weighted by atomic mass is 32.2. The predicted molar refractivity (Wildman–Crippen MR) is 105 cm³/mol. The molecule has 0 radical (unpaired) electrons. The van der Waals surface area contributed by atoms with Gasteiger partial charge >= 0.3 is 0 Å². The summed E-state index contributed by atoms with van der Waals surface area (Å²) in [6, 6.07) is 12.2. The van der Waals surface area contributed by atoms with Crippen LogP contribution in [-0.2, 0) is 9.92 Å². The fourth-order valence-corrected chi connectivity index (χ4v) is 3.61. The molecule has 3 rings (SSSR count). The molecular weight excluding hydrogens is 366 g/mol.